The molecule has 0 heterocycles. The highest BCUT2D eigenvalue weighted by molar-refractivity contribution is 7.89. The van der Waals surface area contributed by atoms with Gasteiger partial charge < -0.3 is 5.32 Å². The molecule has 118 valence electrons. The molecule has 2 unspecified atom stereocenters. The molecule has 0 radical (unpaired) electrons. The summed E-state index contributed by atoms with van der Waals surface area (Å²) >= 11 is 0. The van der Waals surface area contributed by atoms with E-state index < -0.39 is 10.0 Å². The van der Waals surface area contributed by atoms with E-state index in [1.54, 1.807) is 12.1 Å². The van der Waals surface area contributed by atoms with Crippen LogP contribution >= 0.6 is 0 Å². The van der Waals surface area contributed by atoms with Gasteiger partial charge in [0.1, 0.15) is 0 Å². The SMILES string of the molecule is CC1CC(C)(C)CCC1NCc1ccc(S(N)(=O)=O)cc1. The Balaban J connectivity index is 1.92. The van der Waals surface area contributed by atoms with Crippen molar-refractivity contribution in [2.45, 2.75) is 57.5 Å². The van der Waals surface area contributed by atoms with Gasteiger partial charge in [-0.3, -0.25) is 0 Å². The molecule has 0 amide bonds. The molecule has 5 heteroatoms. The van der Waals surface area contributed by atoms with E-state index in [-0.39, 0.29) is 4.90 Å². The number of sulfonamides is 1. The summed E-state index contributed by atoms with van der Waals surface area (Å²) in [6.07, 6.45) is 3.69. The van der Waals surface area contributed by atoms with Crippen LogP contribution in [0.5, 0.6) is 0 Å². The maximum absolute atomic E-state index is 11.2. The smallest absolute Gasteiger partial charge is 0.238 e. The van der Waals surface area contributed by atoms with Crippen molar-refractivity contribution in [3.05, 3.63) is 29.8 Å². The lowest BCUT2D eigenvalue weighted by Gasteiger charge is -2.39. The predicted octanol–water partition coefficient (Wildman–Crippen LogP) is 2.64. The highest BCUT2D eigenvalue weighted by atomic mass is 32.2. The molecular weight excluding hydrogens is 284 g/mol. The van der Waals surface area contributed by atoms with Crippen LogP contribution in [0.1, 0.15) is 45.6 Å². The second-order valence-electron chi connectivity index (χ2n) is 7.06. The van der Waals surface area contributed by atoms with E-state index in [4.69, 9.17) is 5.14 Å². The lowest BCUT2D eigenvalue weighted by atomic mass is 9.70. The quantitative estimate of drug-likeness (QED) is 0.898. The summed E-state index contributed by atoms with van der Waals surface area (Å²) in [4.78, 5) is 0.166. The van der Waals surface area contributed by atoms with Crippen molar-refractivity contribution in [1.82, 2.24) is 5.32 Å². The third-order valence-corrected chi connectivity index (χ3v) is 5.44. The summed E-state index contributed by atoms with van der Waals surface area (Å²) in [7, 11) is -3.60. The molecule has 1 aromatic carbocycles. The van der Waals surface area contributed by atoms with Crippen LogP contribution < -0.4 is 10.5 Å². The largest absolute Gasteiger partial charge is 0.310 e. The number of primary sulfonamides is 1. The maximum atomic E-state index is 11.2. The van der Waals surface area contributed by atoms with Gasteiger partial charge in [0.05, 0.1) is 4.90 Å². The van der Waals surface area contributed by atoms with Crippen molar-refractivity contribution >= 4 is 10.0 Å². The Morgan fingerprint density at radius 2 is 1.90 bits per heavy atom. The van der Waals surface area contributed by atoms with Gasteiger partial charge in [-0.05, 0) is 48.3 Å². The highest BCUT2D eigenvalue weighted by Gasteiger charge is 2.31. The zero-order valence-electron chi connectivity index (χ0n) is 13.1. The average molecular weight is 310 g/mol. The monoisotopic (exact) mass is 310 g/mol. The molecule has 1 fully saturated rings. The molecule has 0 saturated heterocycles. The third kappa shape index (κ3) is 4.53. The van der Waals surface area contributed by atoms with E-state index in [1.807, 2.05) is 12.1 Å². The van der Waals surface area contributed by atoms with Crippen molar-refractivity contribution in [3.63, 3.8) is 0 Å². The van der Waals surface area contributed by atoms with Crippen LogP contribution in [-0.4, -0.2) is 14.5 Å². The van der Waals surface area contributed by atoms with Gasteiger partial charge in [-0.15, -0.1) is 0 Å². The van der Waals surface area contributed by atoms with Gasteiger partial charge in [0.25, 0.3) is 0 Å². The Morgan fingerprint density at radius 3 is 2.43 bits per heavy atom. The molecule has 1 aliphatic carbocycles. The highest BCUT2D eigenvalue weighted by Crippen LogP contribution is 2.38. The van der Waals surface area contributed by atoms with Crippen molar-refractivity contribution in [3.8, 4) is 0 Å². The molecule has 4 nitrogen and oxygen atoms in total. The fraction of sp³-hybridized carbons (Fsp3) is 0.625. The van der Waals surface area contributed by atoms with Gasteiger partial charge in [-0.2, -0.15) is 0 Å². The first-order valence-electron chi connectivity index (χ1n) is 7.52. The Hall–Kier alpha value is -0.910. The topological polar surface area (TPSA) is 72.2 Å². The van der Waals surface area contributed by atoms with E-state index >= 15 is 0 Å². The van der Waals surface area contributed by atoms with Gasteiger partial charge >= 0.3 is 0 Å². The first kappa shape index (κ1) is 16.5. The van der Waals surface area contributed by atoms with Gasteiger partial charge in [-0.1, -0.05) is 32.9 Å². The van der Waals surface area contributed by atoms with E-state index in [9.17, 15) is 8.42 Å². The lowest BCUT2D eigenvalue weighted by molar-refractivity contribution is 0.148. The van der Waals surface area contributed by atoms with Gasteiger partial charge in [0.2, 0.25) is 10.0 Å². The number of benzene rings is 1. The second-order valence-corrected chi connectivity index (χ2v) is 8.62. The second kappa shape index (κ2) is 6.07. The van der Waals surface area contributed by atoms with Crippen LogP contribution in [0.25, 0.3) is 0 Å². The number of rotatable bonds is 4. The van der Waals surface area contributed by atoms with E-state index in [1.165, 1.54) is 19.3 Å². The lowest BCUT2D eigenvalue weighted by Crippen LogP contribution is -2.41. The van der Waals surface area contributed by atoms with Crippen molar-refractivity contribution < 1.29 is 8.42 Å². The Bertz CT molecular complexity index is 579. The van der Waals surface area contributed by atoms with Crippen LogP contribution in [0, 0.1) is 11.3 Å². The molecule has 0 aliphatic heterocycles. The van der Waals surface area contributed by atoms with E-state index in [2.05, 4.69) is 26.1 Å². The first-order valence-corrected chi connectivity index (χ1v) is 9.07. The number of nitrogens with two attached hydrogens (primary N) is 1. The van der Waals surface area contributed by atoms with Crippen LogP contribution in [0.2, 0.25) is 0 Å². The Labute approximate surface area is 128 Å². The zero-order chi connectivity index (χ0) is 15.7. The van der Waals surface area contributed by atoms with Crippen molar-refractivity contribution in [1.29, 1.82) is 0 Å². The fourth-order valence-corrected chi connectivity index (χ4v) is 3.81. The average Bonchev–Trinajstić information content (AvgIpc) is 2.36. The molecule has 1 aromatic rings. The van der Waals surface area contributed by atoms with Crippen molar-refractivity contribution in [2.24, 2.45) is 16.5 Å². The molecule has 0 bridgehead atoms. The zero-order valence-corrected chi connectivity index (χ0v) is 13.9. The molecule has 1 saturated carbocycles. The molecule has 0 aromatic heterocycles. The molecule has 3 N–H and O–H groups in total. The maximum Gasteiger partial charge on any atom is 0.238 e. The summed E-state index contributed by atoms with van der Waals surface area (Å²) in [6, 6.07) is 7.32. The molecular formula is C16H26N2O2S. The Morgan fingerprint density at radius 1 is 1.29 bits per heavy atom. The van der Waals surface area contributed by atoms with Crippen molar-refractivity contribution in [2.75, 3.05) is 0 Å². The van der Waals surface area contributed by atoms with E-state index in [0.717, 1.165) is 12.1 Å². The summed E-state index contributed by atoms with van der Waals surface area (Å²) < 4.78 is 22.4. The number of nitrogens with one attached hydrogen (secondary N) is 1. The summed E-state index contributed by atoms with van der Waals surface area (Å²) in [5, 5.41) is 8.70. The molecule has 1 aliphatic rings. The van der Waals surface area contributed by atoms with E-state index in [0.29, 0.717) is 17.4 Å². The first-order chi connectivity index (χ1) is 9.67. The van der Waals surface area contributed by atoms with Gasteiger partial charge in [-0.25, -0.2) is 13.6 Å². The minimum absolute atomic E-state index is 0.166. The molecule has 0 spiro atoms. The van der Waals surface area contributed by atoms with Crippen LogP contribution in [-0.2, 0) is 16.6 Å². The van der Waals surface area contributed by atoms with Gasteiger partial charge in [0.15, 0.2) is 0 Å². The standard InChI is InChI=1S/C16H26N2O2S/c1-12-10-16(2,3)9-8-15(12)18-11-13-4-6-14(7-5-13)21(17,19)20/h4-7,12,15,18H,8-11H2,1-3H3,(H2,17,19,20). The Kier molecular flexibility index (Phi) is 4.76. The molecule has 21 heavy (non-hydrogen) atoms. The summed E-state index contributed by atoms with van der Waals surface area (Å²) in [5.74, 6) is 0.664. The fourth-order valence-electron chi connectivity index (χ4n) is 3.30. The molecule has 2 atom stereocenters. The van der Waals surface area contributed by atoms with Crippen LogP contribution in [0.4, 0.5) is 0 Å². The predicted molar refractivity (Wildman–Crippen MR) is 85.2 cm³/mol. The van der Waals surface area contributed by atoms with Crippen LogP contribution in [0.15, 0.2) is 29.2 Å². The number of hydrogen-bond acceptors (Lipinski definition) is 3. The summed E-state index contributed by atoms with van der Waals surface area (Å²) in [5.41, 5.74) is 1.54. The van der Waals surface area contributed by atoms with Crippen LogP contribution in [0.3, 0.4) is 0 Å². The molecule has 2 rings (SSSR count). The minimum Gasteiger partial charge on any atom is -0.310 e. The normalized spacial score (nSPS) is 25.7. The minimum atomic E-state index is -3.60. The summed E-state index contributed by atoms with van der Waals surface area (Å²) in [6.45, 7) is 7.75. The third-order valence-electron chi connectivity index (χ3n) is 4.51. The number of hydrogen-bond donors (Lipinski definition) is 2. The van der Waals surface area contributed by atoms with Gasteiger partial charge in [0, 0.05) is 12.6 Å².